The van der Waals surface area contributed by atoms with Crippen LogP contribution in [0.2, 0.25) is 5.02 Å². The third-order valence-electron chi connectivity index (χ3n) is 3.00. The van der Waals surface area contributed by atoms with Crippen molar-refractivity contribution in [3.05, 3.63) is 64.2 Å². The lowest BCUT2D eigenvalue weighted by Crippen LogP contribution is -2.09. The molecule has 0 spiro atoms. The van der Waals surface area contributed by atoms with E-state index >= 15 is 0 Å². The maximum atomic E-state index is 12.8. The first-order valence-corrected chi connectivity index (χ1v) is 7.84. The summed E-state index contributed by atoms with van der Waals surface area (Å²) < 4.78 is 42.9. The fourth-order valence-electron chi connectivity index (χ4n) is 1.89. The summed E-state index contributed by atoms with van der Waals surface area (Å²) in [4.78, 5) is 12.2. The van der Waals surface area contributed by atoms with Gasteiger partial charge >= 0.3 is 12.1 Å². The molecule has 2 aromatic carbocycles. The number of thioether (sulfide) groups is 1. The largest absolute Gasteiger partial charge is 0.465 e. The maximum Gasteiger partial charge on any atom is 0.416 e. The van der Waals surface area contributed by atoms with Crippen molar-refractivity contribution >= 4 is 29.3 Å². The zero-order valence-electron chi connectivity index (χ0n) is 12.0. The lowest BCUT2D eigenvalue weighted by molar-refractivity contribution is -0.137. The van der Waals surface area contributed by atoms with Crippen molar-refractivity contribution in [2.45, 2.75) is 16.8 Å². The number of hydrogen-bond donors (Lipinski definition) is 0. The summed E-state index contributed by atoms with van der Waals surface area (Å²) >= 11 is 7.14. The van der Waals surface area contributed by atoms with Crippen LogP contribution in [-0.2, 0) is 16.7 Å². The van der Waals surface area contributed by atoms with E-state index in [4.69, 9.17) is 11.6 Å². The zero-order valence-corrected chi connectivity index (χ0v) is 13.6. The van der Waals surface area contributed by atoms with Crippen LogP contribution >= 0.6 is 23.4 Å². The maximum absolute atomic E-state index is 12.8. The third kappa shape index (κ3) is 4.65. The molecule has 7 heteroatoms. The number of esters is 1. The topological polar surface area (TPSA) is 26.3 Å². The van der Waals surface area contributed by atoms with Gasteiger partial charge < -0.3 is 4.74 Å². The molecule has 0 bridgehead atoms. The molecule has 122 valence electrons. The van der Waals surface area contributed by atoms with Crippen molar-refractivity contribution < 1.29 is 22.7 Å². The summed E-state index contributed by atoms with van der Waals surface area (Å²) in [5.74, 6) is -0.333. The highest BCUT2D eigenvalue weighted by Crippen LogP contribution is 2.34. The summed E-state index contributed by atoms with van der Waals surface area (Å²) in [7, 11) is 1.13. The Labute approximate surface area is 140 Å². The van der Waals surface area contributed by atoms with E-state index in [1.54, 1.807) is 18.2 Å². The van der Waals surface area contributed by atoms with Crippen molar-refractivity contribution in [2.24, 2.45) is 0 Å². The number of methoxy groups -OCH3 is 1. The summed E-state index contributed by atoms with van der Waals surface area (Å²) in [5.41, 5.74) is -0.0856. The van der Waals surface area contributed by atoms with Gasteiger partial charge in [-0.2, -0.15) is 13.2 Å². The quantitative estimate of drug-likeness (QED) is 0.536. The van der Waals surface area contributed by atoms with E-state index in [-0.39, 0.29) is 5.56 Å². The van der Waals surface area contributed by atoms with Crippen molar-refractivity contribution in [2.75, 3.05) is 7.11 Å². The van der Waals surface area contributed by atoms with Gasteiger partial charge in [-0.15, -0.1) is 11.8 Å². The Morgan fingerprint density at radius 3 is 2.57 bits per heavy atom. The van der Waals surface area contributed by atoms with E-state index in [1.165, 1.54) is 17.8 Å². The molecule has 23 heavy (non-hydrogen) atoms. The highest BCUT2D eigenvalue weighted by molar-refractivity contribution is 7.98. The van der Waals surface area contributed by atoms with Crippen LogP contribution in [0, 0.1) is 0 Å². The molecular weight excluding hydrogens is 349 g/mol. The van der Waals surface area contributed by atoms with Gasteiger partial charge in [0, 0.05) is 15.7 Å². The zero-order chi connectivity index (χ0) is 17.0. The van der Waals surface area contributed by atoms with Crippen LogP contribution in [0.3, 0.4) is 0 Å². The second-order valence-electron chi connectivity index (χ2n) is 4.62. The Balaban J connectivity index is 2.28. The minimum atomic E-state index is -4.51. The molecule has 2 aromatic rings. The minimum Gasteiger partial charge on any atom is -0.465 e. The molecule has 0 radical (unpaired) electrons. The summed E-state index contributed by atoms with van der Waals surface area (Å²) in [6, 6.07) is 10.2. The molecule has 0 saturated heterocycles. The van der Waals surface area contributed by atoms with Crippen LogP contribution < -0.4 is 0 Å². The summed E-state index contributed by atoms with van der Waals surface area (Å²) in [6.45, 7) is 0. The molecule has 0 atom stereocenters. The fraction of sp³-hybridized carbons (Fsp3) is 0.188. The standard InChI is InChI=1S/C16H12ClF3O2S/c1-22-15(21)13-8-11(16(18,19)20)5-6-14(13)23-9-10-3-2-4-12(17)7-10/h2-8H,9H2,1H3. The van der Waals surface area contributed by atoms with Crippen molar-refractivity contribution in [1.82, 2.24) is 0 Å². The van der Waals surface area contributed by atoms with E-state index < -0.39 is 17.7 Å². The van der Waals surface area contributed by atoms with E-state index in [9.17, 15) is 18.0 Å². The normalized spacial score (nSPS) is 11.3. The predicted molar refractivity (Wildman–Crippen MR) is 83.8 cm³/mol. The van der Waals surface area contributed by atoms with E-state index in [0.717, 1.165) is 24.8 Å². The van der Waals surface area contributed by atoms with E-state index in [2.05, 4.69) is 4.74 Å². The SMILES string of the molecule is COC(=O)c1cc(C(F)(F)F)ccc1SCc1cccc(Cl)c1. The molecular formula is C16H12ClF3O2S. The van der Waals surface area contributed by atoms with E-state index in [1.807, 2.05) is 6.07 Å². The second kappa shape index (κ2) is 7.27. The number of carbonyl (C=O) groups excluding carboxylic acids is 1. The lowest BCUT2D eigenvalue weighted by atomic mass is 10.1. The van der Waals surface area contributed by atoms with Crippen molar-refractivity contribution in [1.29, 1.82) is 0 Å². The number of alkyl halides is 3. The van der Waals surface area contributed by atoms with Gasteiger partial charge in [0.2, 0.25) is 0 Å². The van der Waals surface area contributed by atoms with Crippen molar-refractivity contribution in [3.63, 3.8) is 0 Å². The number of carbonyl (C=O) groups is 1. The Morgan fingerprint density at radius 2 is 1.96 bits per heavy atom. The summed E-state index contributed by atoms with van der Waals surface area (Å²) in [5, 5.41) is 0.573. The van der Waals surface area contributed by atoms with Crippen LogP contribution in [-0.4, -0.2) is 13.1 Å². The average molecular weight is 361 g/mol. The van der Waals surface area contributed by atoms with Crippen LogP contribution in [0.4, 0.5) is 13.2 Å². The monoisotopic (exact) mass is 360 g/mol. The first kappa shape index (κ1) is 17.7. The van der Waals surface area contributed by atoms with Gasteiger partial charge in [0.15, 0.2) is 0 Å². The average Bonchev–Trinajstić information content (AvgIpc) is 2.51. The van der Waals surface area contributed by atoms with Crippen LogP contribution in [0.15, 0.2) is 47.4 Å². The molecule has 2 nitrogen and oxygen atoms in total. The predicted octanol–water partition coefficient (Wildman–Crippen LogP) is 5.44. The lowest BCUT2D eigenvalue weighted by Gasteiger charge is -2.12. The molecule has 0 fully saturated rings. The van der Waals surface area contributed by atoms with Gasteiger partial charge in [-0.1, -0.05) is 23.7 Å². The number of benzene rings is 2. The second-order valence-corrected chi connectivity index (χ2v) is 6.07. The van der Waals surface area contributed by atoms with Gasteiger partial charge in [0.05, 0.1) is 18.2 Å². The van der Waals surface area contributed by atoms with Crippen molar-refractivity contribution in [3.8, 4) is 0 Å². The molecule has 0 aliphatic carbocycles. The minimum absolute atomic E-state index is 0.102. The number of rotatable bonds is 4. The third-order valence-corrected chi connectivity index (χ3v) is 4.38. The molecule has 0 heterocycles. The Kier molecular flexibility index (Phi) is 5.59. The highest BCUT2D eigenvalue weighted by atomic mass is 35.5. The first-order valence-electron chi connectivity index (χ1n) is 6.48. The molecule has 2 rings (SSSR count). The van der Waals surface area contributed by atoms with Gasteiger partial charge in [-0.3, -0.25) is 0 Å². The number of halogens is 4. The molecule has 0 aliphatic rings. The number of ether oxygens (including phenoxy) is 1. The molecule has 0 saturated carbocycles. The van der Waals surface area contributed by atoms with Gasteiger partial charge in [0.25, 0.3) is 0 Å². The van der Waals surface area contributed by atoms with E-state index in [0.29, 0.717) is 15.7 Å². The van der Waals surface area contributed by atoms with Crippen LogP contribution in [0.1, 0.15) is 21.5 Å². The van der Waals surface area contributed by atoms with Gasteiger partial charge in [-0.25, -0.2) is 4.79 Å². The van der Waals surface area contributed by atoms with Gasteiger partial charge in [-0.05, 0) is 35.9 Å². The molecule has 0 unspecified atom stereocenters. The Bertz CT molecular complexity index is 717. The Hall–Kier alpha value is -1.66. The van der Waals surface area contributed by atoms with Gasteiger partial charge in [0.1, 0.15) is 0 Å². The summed E-state index contributed by atoms with van der Waals surface area (Å²) in [6.07, 6.45) is -4.51. The molecule has 0 N–H and O–H groups in total. The van der Waals surface area contributed by atoms with Crippen LogP contribution in [0.25, 0.3) is 0 Å². The molecule has 0 aliphatic heterocycles. The smallest absolute Gasteiger partial charge is 0.416 e. The molecule has 0 aromatic heterocycles. The molecule has 0 amide bonds. The highest BCUT2D eigenvalue weighted by Gasteiger charge is 2.32. The van der Waals surface area contributed by atoms with Crippen LogP contribution in [0.5, 0.6) is 0 Å². The fourth-order valence-corrected chi connectivity index (χ4v) is 3.07. The first-order chi connectivity index (χ1) is 10.8. The Morgan fingerprint density at radius 1 is 1.22 bits per heavy atom. The number of hydrogen-bond acceptors (Lipinski definition) is 3.